The largest absolute Gasteiger partial charge is 0.296 e. The number of carbonyl (C=O) groups excluding carboxylic acids is 1. The summed E-state index contributed by atoms with van der Waals surface area (Å²) in [4.78, 5) is 10.3. The van der Waals surface area contributed by atoms with Crippen molar-refractivity contribution in [3.8, 4) is 0 Å². The molecule has 6 nitrogen and oxygen atoms in total. The van der Waals surface area contributed by atoms with Gasteiger partial charge in [0.2, 0.25) is 0 Å². The Kier molecular flexibility index (Phi) is 3.57. The maximum Gasteiger partial charge on any atom is 0.171 e. The summed E-state index contributed by atoms with van der Waals surface area (Å²) in [5.74, 6) is 0.00627. The van der Waals surface area contributed by atoms with E-state index in [1.54, 1.807) is 13.8 Å². The third-order valence-electron chi connectivity index (χ3n) is 2.00. The van der Waals surface area contributed by atoms with Gasteiger partial charge in [0.05, 0.1) is 23.7 Å². The first-order chi connectivity index (χ1) is 6.95. The Balaban J connectivity index is 2.61. The van der Waals surface area contributed by atoms with Crippen LogP contribution in [0.3, 0.4) is 0 Å². The quantitative estimate of drug-likeness (QED) is 0.662. The predicted octanol–water partition coefficient (Wildman–Crippen LogP) is -0.0862. The third-order valence-corrected chi connectivity index (χ3v) is 4.19. The number of nitrogens with zero attached hydrogens (tertiary/aromatic N) is 3. The highest BCUT2D eigenvalue weighted by molar-refractivity contribution is 7.91. The number of aryl methyl sites for hydroxylation is 1. The van der Waals surface area contributed by atoms with Gasteiger partial charge in [-0.15, -0.1) is 5.10 Å². The minimum atomic E-state index is -3.07. The Bertz CT molecular complexity index is 436. The van der Waals surface area contributed by atoms with E-state index in [2.05, 4.69) is 10.3 Å². The monoisotopic (exact) mass is 231 g/mol. The van der Waals surface area contributed by atoms with Crippen LogP contribution in [-0.2, 0) is 16.4 Å². The van der Waals surface area contributed by atoms with Crippen LogP contribution in [0.2, 0.25) is 0 Å². The van der Waals surface area contributed by atoms with Gasteiger partial charge in [0.1, 0.15) is 5.69 Å². The molecule has 0 aliphatic heterocycles. The fraction of sp³-hybridized carbons (Fsp3) is 0.625. The van der Waals surface area contributed by atoms with Crippen molar-refractivity contribution in [2.24, 2.45) is 0 Å². The van der Waals surface area contributed by atoms with Crippen molar-refractivity contribution in [1.82, 2.24) is 15.0 Å². The van der Waals surface area contributed by atoms with Crippen LogP contribution in [0.4, 0.5) is 0 Å². The Morgan fingerprint density at radius 1 is 1.53 bits per heavy atom. The Hall–Kier alpha value is -1.24. The standard InChI is InChI=1S/C8H13N3O3S/c1-7(2)15(13,14)4-3-11-5-8(6-12)9-10-11/h5-7H,3-4H2,1-2H3. The molecule has 1 aromatic rings. The zero-order valence-corrected chi connectivity index (χ0v) is 9.44. The number of hydrogen-bond donors (Lipinski definition) is 0. The Morgan fingerprint density at radius 3 is 2.67 bits per heavy atom. The fourth-order valence-electron chi connectivity index (χ4n) is 0.933. The lowest BCUT2D eigenvalue weighted by Gasteiger charge is -2.06. The normalized spacial score (nSPS) is 11.9. The third kappa shape index (κ3) is 3.12. The molecule has 15 heavy (non-hydrogen) atoms. The highest BCUT2D eigenvalue weighted by atomic mass is 32.2. The number of rotatable bonds is 5. The maximum atomic E-state index is 11.4. The van der Waals surface area contributed by atoms with Crippen molar-refractivity contribution in [3.05, 3.63) is 11.9 Å². The van der Waals surface area contributed by atoms with Gasteiger partial charge in [0.15, 0.2) is 16.1 Å². The summed E-state index contributed by atoms with van der Waals surface area (Å²) in [6, 6.07) is 0. The molecule has 0 fully saturated rings. The van der Waals surface area contributed by atoms with Gasteiger partial charge in [-0.1, -0.05) is 5.21 Å². The molecule has 1 rings (SSSR count). The first-order valence-electron chi connectivity index (χ1n) is 4.52. The lowest BCUT2D eigenvalue weighted by Crippen LogP contribution is -2.21. The lowest BCUT2D eigenvalue weighted by atomic mass is 10.5. The van der Waals surface area contributed by atoms with Crippen molar-refractivity contribution in [1.29, 1.82) is 0 Å². The van der Waals surface area contributed by atoms with E-state index in [0.717, 1.165) is 0 Å². The van der Waals surface area contributed by atoms with E-state index < -0.39 is 15.1 Å². The summed E-state index contributed by atoms with van der Waals surface area (Å²) in [7, 11) is -3.07. The molecule has 0 N–H and O–H groups in total. The number of hydrogen-bond acceptors (Lipinski definition) is 5. The van der Waals surface area contributed by atoms with Gasteiger partial charge in [-0.25, -0.2) is 8.42 Å². The molecule has 0 radical (unpaired) electrons. The molecular weight excluding hydrogens is 218 g/mol. The summed E-state index contributed by atoms with van der Waals surface area (Å²) in [6.07, 6.45) is 1.99. The fourth-order valence-corrected chi connectivity index (χ4v) is 1.85. The molecule has 0 spiro atoms. The number of aldehydes is 1. The lowest BCUT2D eigenvalue weighted by molar-refractivity contribution is 0.111. The second-order valence-electron chi connectivity index (χ2n) is 3.44. The SMILES string of the molecule is CC(C)S(=O)(=O)CCn1cc(C=O)nn1. The van der Waals surface area contributed by atoms with Crippen LogP contribution in [0, 0.1) is 0 Å². The molecule has 84 valence electrons. The van der Waals surface area contributed by atoms with Gasteiger partial charge >= 0.3 is 0 Å². The van der Waals surface area contributed by atoms with Crippen LogP contribution >= 0.6 is 0 Å². The number of aromatic nitrogens is 3. The van der Waals surface area contributed by atoms with E-state index in [-0.39, 0.29) is 18.0 Å². The van der Waals surface area contributed by atoms with E-state index in [1.807, 2.05) is 0 Å². The van der Waals surface area contributed by atoms with E-state index in [1.165, 1.54) is 10.9 Å². The van der Waals surface area contributed by atoms with Crippen LogP contribution in [0.1, 0.15) is 24.3 Å². The van der Waals surface area contributed by atoms with Gasteiger partial charge < -0.3 is 0 Å². The van der Waals surface area contributed by atoms with E-state index in [4.69, 9.17) is 0 Å². The second-order valence-corrected chi connectivity index (χ2v) is 6.12. The maximum absolute atomic E-state index is 11.4. The summed E-state index contributed by atoms with van der Waals surface area (Å²) < 4.78 is 24.2. The topological polar surface area (TPSA) is 81.9 Å². The minimum Gasteiger partial charge on any atom is -0.296 e. The van der Waals surface area contributed by atoms with Gasteiger partial charge in [-0.2, -0.15) is 0 Å². The highest BCUT2D eigenvalue weighted by Gasteiger charge is 2.16. The average Bonchev–Trinajstić information content (AvgIpc) is 2.62. The van der Waals surface area contributed by atoms with Crippen LogP contribution < -0.4 is 0 Å². The number of sulfone groups is 1. The molecule has 0 aliphatic carbocycles. The van der Waals surface area contributed by atoms with Gasteiger partial charge in [-0.3, -0.25) is 9.48 Å². The molecule has 0 atom stereocenters. The zero-order chi connectivity index (χ0) is 11.5. The van der Waals surface area contributed by atoms with Crippen molar-refractivity contribution < 1.29 is 13.2 Å². The van der Waals surface area contributed by atoms with E-state index in [9.17, 15) is 13.2 Å². The average molecular weight is 231 g/mol. The van der Waals surface area contributed by atoms with Gasteiger partial charge in [0, 0.05) is 0 Å². The smallest absolute Gasteiger partial charge is 0.171 e. The minimum absolute atomic E-state index is 0.00627. The van der Waals surface area contributed by atoms with Crippen LogP contribution in [-0.4, -0.2) is 40.7 Å². The summed E-state index contributed by atoms with van der Waals surface area (Å²) in [6.45, 7) is 3.49. The van der Waals surface area contributed by atoms with E-state index in [0.29, 0.717) is 6.29 Å². The molecule has 0 unspecified atom stereocenters. The molecular formula is C8H13N3O3S. The van der Waals surface area contributed by atoms with E-state index >= 15 is 0 Å². The van der Waals surface area contributed by atoms with Crippen molar-refractivity contribution in [2.45, 2.75) is 25.6 Å². The number of carbonyl (C=O) groups is 1. The molecule has 1 aromatic heterocycles. The van der Waals surface area contributed by atoms with Gasteiger partial charge in [0.25, 0.3) is 0 Å². The first kappa shape index (κ1) is 11.8. The van der Waals surface area contributed by atoms with Crippen LogP contribution in [0.25, 0.3) is 0 Å². The summed E-state index contributed by atoms with van der Waals surface area (Å²) in [5, 5.41) is 6.75. The molecule has 7 heteroatoms. The second kappa shape index (κ2) is 4.52. The Morgan fingerprint density at radius 2 is 2.20 bits per heavy atom. The molecule has 0 aromatic carbocycles. The van der Waals surface area contributed by atoms with Crippen LogP contribution in [0.15, 0.2) is 6.20 Å². The summed E-state index contributed by atoms with van der Waals surface area (Å²) >= 11 is 0. The highest BCUT2D eigenvalue weighted by Crippen LogP contribution is 2.01. The predicted molar refractivity (Wildman–Crippen MR) is 54.3 cm³/mol. The molecule has 0 aliphatic rings. The molecule has 0 amide bonds. The van der Waals surface area contributed by atoms with Gasteiger partial charge in [-0.05, 0) is 13.8 Å². The molecule has 1 heterocycles. The molecule has 0 bridgehead atoms. The Labute approximate surface area is 88.2 Å². The van der Waals surface area contributed by atoms with Crippen molar-refractivity contribution in [2.75, 3.05) is 5.75 Å². The van der Waals surface area contributed by atoms with Crippen molar-refractivity contribution >= 4 is 16.1 Å². The zero-order valence-electron chi connectivity index (χ0n) is 8.62. The van der Waals surface area contributed by atoms with Crippen molar-refractivity contribution in [3.63, 3.8) is 0 Å². The van der Waals surface area contributed by atoms with Crippen LogP contribution in [0.5, 0.6) is 0 Å². The molecule has 0 saturated carbocycles. The summed E-state index contributed by atoms with van der Waals surface area (Å²) in [5.41, 5.74) is 0.206. The first-order valence-corrected chi connectivity index (χ1v) is 6.24. The molecule has 0 saturated heterocycles.